The van der Waals surface area contributed by atoms with Gasteiger partial charge in [-0.1, -0.05) is 0 Å². The highest BCUT2D eigenvalue weighted by Gasteiger charge is 2.44. The SMILES string of the molecule is Cc1cc2ncc3c(n2n1)C[C@H]1CC[C@H]3N1C(=O)c1ccncc1. The zero-order chi connectivity index (χ0) is 16.3. The number of nitrogens with zero attached hydrogens (tertiary/aromatic N) is 5. The Morgan fingerprint density at radius 1 is 1.25 bits per heavy atom. The minimum Gasteiger partial charge on any atom is -0.328 e. The van der Waals surface area contributed by atoms with E-state index in [2.05, 4.69) is 15.1 Å². The van der Waals surface area contributed by atoms with Gasteiger partial charge in [-0.2, -0.15) is 5.10 Å². The van der Waals surface area contributed by atoms with Crippen LogP contribution in [0.5, 0.6) is 0 Å². The average molecular weight is 319 g/mol. The highest BCUT2D eigenvalue weighted by molar-refractivity contribution is 5.95. The molecule has 6 nitrogen and oxygen atoms in total. The zero-order valence-corrected chi connectivity index (χ0v) is 13.4. The van der Waals surface area contributed by atoms with Crippen LogP contribution in [0.1, 0.15) is 46.2 Å². The van der Waals surface area contributed by atoms with Gasteiger partial charge in [-0.15, -0.1) is 0 Å². The van der Waals surface area contributed by atoms with E-state index in [0.29, 0.717) is 5.56 Å². The van der Waals surface area contributed by atoms with Crippen molar-refractivity contribution in [2.75, 3.05) is 0 Å². The van der Waals surface area contributed by atoms with Crippen LogP contribution in [0.4, 0.5) is 0 Å². The van der Waals surface area contributed by atoms with Crippen LogP contribution < -0.4 is 0 Å². The van der Waals surface area contributed by atoms with Crippen molar-refractivity contribution in [1.82, 2.24) is 24.5 Å². The van der Waals surface area contributed by atoms with E-state index in [1.807, 2.05) is 28.6 Å². The van der Waals surface area contributed by atoms with E-state index in [1.54, 1.807) is 24.5 Å². The molecule has 6 heteroatoms. The predicted molar refractivity (Wildman–Crippen MR) is 87.6 cm³/mol. The van der Waals surface area contributed by atoms with Gasteiger partial charge in [0, 0.05) is 48.2 Å². The van der Waals surface area contributed by atoms with Gasteiger partial charge >= 0.3 is 0 Å². The Morgan fingerprint density at radius 2 is 2.08 bits per heavy atom. The molecule has 0 unspecified atom stereocenters. The number of carbonyl (C=O) groups excluding carboxylic acids is 1. The van der Waals surface area contributed by atoms with Gasteiger partial charge in [-0.25, -0.2) is 9.50 Å². The summed E-state index contributed by atoms with van der Waals surface area (Å²) in [5, 5.41) is 4.59. The van der Waals surface area contributed by atoms with Crippen molar-refractivity contribution in [2.45, 2.75) is 38.3 Å². The fourth-order valence-electron chi connectivity index (χ4n) is 4.15. The third kappa shape index (κ3) is 1.82. The third-order valence-electron chi connectivity index (χ3n) is 5.19. The molecule has 5 rings (SSSR count). The number of hydrogen-bond acceptors (Lipinski definition) is 4. The Morgan fingerprint density at radius 3 is 2.92 bits per heavy atom. The number of aromatic nitrogens is 4. The smallest absolute Gasteiger partial charge is 0.254 e. The molecule has 1 amide bonds. The van der Waals surface area contributed by atoms with Gasteiger partial charge in [-0.05, 0) is 31.9 Å². The van der Waals surface area contributed by atoms with E-state index in [9.17, 15) is 4.79 Å². The highest BCUT2D eigenvalue weighted by atomic mass is 16.2. The first-order valence-electron chi connectivity index (χ1n) is 8.29. The summed E-state index contributed by atoms with van der Waals surface area (Å²) in [5.74, 6) is 0.0901. The Hall–Kier alpha value is -2.76. The van der Waals surface area contributed by atoms with Gasteiger partial charge in [0.2, 0.25) is 0 Å². The van der Waals surface area contributed by atoms with Gasteiger partial charge in [0.25, 0.3) is 5.91 Å². The second-order valence-corrected chi connectivity index (χ2v) is 6.62. The number of fused-ring (bicyclic) bond motifs is 6. The second-order valence-electron chi connectivity index (χ2n) is 6.62. The first-order chi connectivity index (χ1) is 11.7. The maximum Gasteiger partial charge on any atom is 0.254 e. The summed E-state index contributed by atoms with van der Waals surface area (Å²) in [6.45, 7) is 1.98. The quantitative estimate of drug-likeness (QED) is 0.690. The molecule has 0 radical (unpaired) electrons. The molecule has 0 N–H and O–H groups in total. The van der Waals surface area contributed by atoms with Crippen molar-refractivity contribution in [2.24, 2.45) is 0 Å². The molecule has 3 aromatic heterocycles. The summed E-state index contributed by atoms with van der Waals surface area (Å²) in [5.41, 5.74) is 4.91. The summed E-state index contributed by atoms with van der Waals surface area (Å²) in [6, 6.07) is 5.90. The summed E-state index contributed by atoms with van der Waals surface area (Å²) in [7, 11) is 0. The average Bonchev–Trinajstić information content (AvgIpc) is 3.14. The minimum atomic E-state index is 0.0901. The molecule has 120 valence electrons. The molecule has 0 aromatic carbocycles. The zero-order valence-electron chi connectivity index (χ0n) is 13.4. The molecule has 0 spiro atoms. The molecule has 5 heterocycles. The highest BCUT2D eigenvalue weighted by Crippen LogP contribution is 2.44. The lowest BCUT2D eigenvalue weighted by Crippen LogP contribution is -2.42. The monoisotopic (exact) mass is 319 g/mol. The Bertz CT molecular complexity index is 949. The van der Waals surface area contributed by atoms with Crippen molar-refractivity contribution < 1.29 is 4.79 Å². The lowest BCUT2D eigenvalue weighted by molar-refractivity contribution is 0.0642. The summed E-state index contributed by atoms with van der Waals surface area (Å²) < 4.78 is 1.96. The standard InChI is InChI=1S/C18H17N5O/c1-11-8-17-20-10-14-15-3-2-13(9-16(14)23(17)21-11)22(15)18(24)12-4-6-19-7-5-12/h4-8,10,13,15H,2-3,9H2,1H3/t13-,15-/m1/s1. The third-order valence-corrected chi connectivity index (χ3v) is 5.19. The molecule has 2 aliphatic rings. The molecule has 1 saturated heterocycles. The van der Waals surface area contributed by atoms with Crippen LogP contribution >= 0.6 is 0 Å². The van der Waals surface area contributed by atoms with Crippen LogP contribution in [-0.4, -0.2) is 36.4 Å². The van der Waals surface area contributed by atoms with E-state index < -0.39 is 0 Å². The van der Waals surface area contributed by atoms with Crippen molar-refractivity contribution in [3.8, 4) is 0 Å². The largest absolute Gasteiger partial charge is 0.328 e. The summed E-state index contributed by atoms with van der Waals surface area (Å²) >= 11 is 0. The summed E-state index contributed by atoms with van der Waals surface area (Å²) in [4.78, 5) is 23.6. The van der Waals surface area contributed by atoms with Gasteiger partial charge in [0.15, 0.2) is 5.65 Å². The number of amides is 1. The molecule has 1 fully saturated rings. The maximum atomic E-state index is 13.0. The molecule has 0 saturated carbocycles. The van der Waals surface area contributed by atoms with E-state index in [4.69, 9.17) is 0 Å². The number of carbonyl (C=O) groups is 1. The van der Waals surface area contributed by atoms with Gasteiger partial charge in [-0.3, -0.25) is 9.78 Å². The fourth-order valence-corrected chi connectivity index (χ4v) is 4.15. The maximum absolute atomic E-state index is 13.0. The molecule has 2 bridgehead atoms. The van der Waals surface area contributed by atoms with Crippen molar-refractivity contribution in [1.29, 1.82) is 0 Å². The van der Waals surface area contributed by atoms with E-state index in [-0.39, 0.29) is 18.0 Å². The van der Waals surface area contributed by atoms with E-state index >= 15 is 0 Å². The van der Waals surface area contributed by atoms with E-state index in [1.165, 1.54) is 5.69 Å². The van der Waals surface area contributed by atoms with Crippen molar-refractivity contribution in [3.05, 3.63) is 59.3 Å². The molecular formula is C18H17N5O. The number of aryl methyl sites for hydroxylation is 1. The topological polar surface area (TPSA) is 63.4 Å². The van der Waals surface area contributed by atoms with Crippen LogP contribution in [-0.2, 0) is 6.42 Å². The van der Waals surface area contributed by atoms with Crippen molar-refractivity contribution >= 4 is 11.6 Å². The minimum absolute atomic E-state index is 0.0901. The van der Waals surface area contributed by atoms with Gasteiger partial charge < -0.3 is 4.90 Å². The lowest BCUT2D eigenvalue weighted by atomic mass is 9.98. The van der Waals surface area contributed by atoms with Crippen LogP contribution in [0, 0.1) is 6.92 Å². The first kappa shape index (κ1) is 13.7. The predicted octanol–water partition coefficient (Wildman–Crippen LogP) is 2.33. The Labute approximate surface area is 139 Å². The molecule has 24 heavy (non-hydrogen) atoms. The molecule has 0 aliphatic carbocycles. The van der Waals surface area contributed by atoms with Crippen LogP contribution in [0.2, 0.25) is 0 Å². The summed E-state index contributed by atoms with van der Waals surface area (Å²) in [6.07, 6.45) is 8.13. The lowest BCUT2D eigenvalue weighted by Gasteiger charge is -2.36. The molecule has 2 aliphatic heterocycles. The number of rotatable bonds is 1. The van der Waals surface area contributed by atoms with Crippen LogP contribution in [0.15, 0.2) is 36.8 Å². The first-order valence-corrected chi connectivity index (χ1v) is 8.29. The number of hydrogen-bond donors (Lipinski definition) is 0. The van der Waals surface area contributed by atoms with Crippen LogP contribution in [0.3, 0.4) is 0 Å². The fraction of sp³-hybridized carbons (Fsp3) is 0.333. The number of pyridine rings is 1. The molecule has 3 aromatic rings. The second kappa shape index (κ2) is 4.87. The van der Waals surface area contributed by atoms with Crippen molar-refractivity contribution in [3.63, 3.8) is 0 Å². The van der Waals surface area contributed by atoms with Gasteiger partial charge in [0.05, 0.1) is 17.4 Å². The molecular weight excluding hydrogens is 302 g/mol. The normalized spacial score (nSPS) is 22.0. The van der Waals surface area contributed by atoms with Gasteiger partial charge in [0.1, 0.15) is 0 Å². The Balaban J connectivity index is 1.61. The molecule has 2 atom stereocenters. The van der Waals surface area contributed by atoms with E-state index in [0.717, 1.165) is 36.2 Å². The Kier molecular flexibility index (Phi) is 2.77. The van der Waals surface area contributed by atoms with Crippen LogP contribution in [0.25, 0.3) is 5.65 Å².